The van der Waals surface area contributed by atoms with Crippen LogP contribution in [0, 0.1) is 0 Å². The van der Waals surface area contributed by atoms with Gasteiger partial charge in [0, 0.05) is 19.3 Å². The van der Waals surface area contributed by atoms with Gasteiger partial charge in [-0.2, -0.15) is 0 Å². The Bertz CT molecular complexity index is 609. The number of pyridine rings is 1. The number of ketones is 1. The predicted molar refractivity (Wildman–Crippen MR) is 80.3 cm³/mol. The molecule has 102 valence electrons. The fourth-order valence-electron chi connectivity index (χ4n) is 2.80. The van der Waals surface area contributed by atoms with Crippen molar-refractivity contribution in [2.75, 3.05) is 18.0 Å². The Morgan fingerprint density at radius 1 is 1.05 bits per heavy atom. The first-order valence-corrected chi connectivity index (χ1v) is 7.03. The molecule has 0 spiro atoms. The van der Waals surface area contributed by atoms with Crippen LogP contribution in [0.1, 0.15) is 28.4 Å². The Morgan fingerprint density at radius 2 is 1.70 bits per heavy atom. The van der Waals surface area contributed by atoms with Gasteiger partial charge in [0.25, 0.3) is 0 Å². The maximum Gasteiger partial charge on any atom is 0.163 e. The molecule has 3 heteroatoms. The van der Waals surface area contributed by atoms with Gasteiger partial charge in [0.2, 0.25) is 0 Å². The summed E-state index contributed by atoms with van der Waals surface area (Å²) in [5, 5.41) is 0. The zero-order valence-corrected chi connectivity index (χ0v) is 11.7. The van der Waals surface area contributed by atoms with Crippen LogP contribution in [0.2, 0.25) is 0 Å². The molecule has 1 aliphatic heterocycles. The van der Waals surface area contributed by atoms with Gasteiger partial charge in [-0.1, -0.05) is 24.3 Å². The summed E-state index contributed by atoms with van der Waals surface area (Å²) < 4.78 is 0. The number of anilines is 1. The summed E-state index contributed by atoms with van der Waals surface area (Å²) in [6.07, 6.45) is 3.77. The van der Waals surface area contributed by atoms with Crippen LogP contribution < -0.4 is 4.90 Å². The molecular formula is C17H18N2O. The molecule has 2 heterocycles. The number of nitrogens with zero attached hydrogens (tertiary/aromatic N) is 2. The largest absolute Gasteiger partial charge is 0.355 e. The Morgan fingerprint density at radius 3 is 2.30 bits per heavy atom. The third-order valence-corrected chi connectivity index (χ3v) is 3.89. The normalized spacial score (nSPS) is 14.6. The van der Waals surface area contributed by atoms with Crippen LogP contribution in [-0.2, 0) is 12.8 Å². The predicted octanol–water partition coefficient (Wildman–Crippen LogP) is 2.89. The van der Waals surface area contributed by atoms with E-state index in [1.54, 1.807) is 13.1 Å². The lowest BCUT2D eigenvalue weighted by Crippen LogP contribution is -2.28. The monoisotopic (exact) mass is 266 g/mol. The number of carbonyl (C=O) groups excluding carboxylic acids is 1. The first-order valence-electron chi connectivity index (χ1n) is 7.03. The summed E-state index contributed by atoms with van der Waals surface area (Å²) in [6.45, 7) is 3.43. The molecule has 1 aromatic carbocycles. The van der Waals surface area contributed by atoms with Crippen LogP contribution in [0.3, 0.4) is 0 Å². The van der Waals surface area contributed by atoms with Gasteiger partial charge in [0.15, 0.2) is 5.78 Å². The molecule has 0 amide bonds. The minimum Gasteiger partial charge on any atom is -0.355 e. The number of hydrogen-bond donors (Lipinski definition) is 0. The lowest BCUT2D eigenvalue weighted by Gasteiger charge is -2.23. The van der Waals surface area contributed by atoms with Gasteiger partial charge in [0.05, 0.1) is 5.56 Å². The summed E-state index contributed by atoms with van der Waals surface area (Å²) in [6, 6.07) is 12.3. The minimum atomic E-state index is 0.0786. The van der Waals surface area contributed by atoms with Crippen LogP contribution in [0.25, 0.3) is 0 Å². The average molecular weight is 266 g/mol. The van der Waals surface area contributed by atoms with Crippen LogP contribution in [0.5, 0.6) is 0 Å². The summed E-state index contributed by atoms with van der Waals surface area (Å²) >= 11 is 0. The highest BCUT2D eigenvalue weighted by atomic mass is 16.1. The molecule has 0 saturated carbocycles. The quantitative estimate of drug-likeness (QED) is 0.784. The van der Waals surface area contributed by atoms with E-state index in [9.17, 15) is 4.79 Å². The van der Waals surface area contributed by atoms with Crippen molar-refractivity contribution in [1.82, 2.24) is 4.98 Å². The van der Waals surface area contributed by atoms with E-state index in [4.69, 9.17) is 0 Å². The second-order valence-corrected chi connectivity index (χ2v) is 5.19. The average Bonchev–Trinajstić information content (AvgIpc) is 2.70. The number of aromatic nitrogens is 1. The lowest BCUT2D eigenvalue weighted by molar-refractivity contribution is 0.101. The second kappa shape index (κ2) is 5.45. The van der Waals surface area contributed by atoms with E-state index in [1.807, 2.05) is 12.1 Å². The van der Waals surface area contributed by atoms with Crippen molar-refractivity contribution in [2.24, 2.45) is 0 Å². The molecule has 0 N–H and O–H groups in total. The standard InChI is InChI=1S/C17H18N2O/c1-13(20)16-7-4-10-18-17(16)19-11-8-14-5-2-3-6-15(14)9-12-19/h2-7,10H,8-9,11-12H2,1H3. The fourth-order valence-corrected chi connectivity index (χ4v) is 2.80. The van der Waals surface area contributed by atoms with Crippen molar-refractivity contribution in [2.45, 2.75) is 19.8 Å². The molecule has 0 radical (unpaired) electrons. The van der Waals surface area contributed by atoms with Crippen molar-refractivity contribution in [1.29, 1.82) is 0 Å². The van der Waals surface area contributed by atoms with Crippen LogP contribution in [0.15, 0.2) is 42.6 Å². The van der Waals surface area contributed by atoms with Crippen molar-refractivity contribution in [3.05, 3.63) is 59.3 Å². The Labute approximate surface area is 119 Å². The van der Waals surface area contributed by atoms with Gasteiger partial charge >= 0.3 is 0 Å². The van der Waals surface area contributed by atoms with Gasteiger partial charge in [0.1, 0.15) is 5.82 Å². The van der Waals surface area contributed by atoms with Gasteiger partial charge in [-0.3, -0.25) is 4.79 Å². The number of carbonyl (C=O) groups is 1. The van der Waals surface area contributed by atoms with E-state index in [0.29, 0.717) is 0 Å². The molecule has 3 nitrogen and oxygen atoms in total. The first kappa shape index (κ1) is 12.9. The SMILES string of the molecule is CC(=O)c1cccnc1N1CCc2ccccc2CC1. The fraction of sp³-hybridized carbons (Fsp3) is 0.294. The summed E-state index contributed by atoms with van der Waals surface area (Å²) in [5.41, 5.74) is 3.55. The highest BCUT2D eigenvalue weighted by Gasteiger charge is 2.18. The minimum absolute atomic E-state index is 0.0786. The van der Waals surface area contributed by atoms with Crippen molar-refractivity contribution < 1.29 is 4.79 Å². The Kier molecular flexibility index (Phi) is 3.50. The zero-order chi connectivity index (χ0) is 13.9. The first-order chi connectivity index (χ1) is 9.75. The van der Waals surface area contributed by atoms with Crippen molar-refractivity contribution in [3.63, 3.8) is 0 Å². The number of fused-ring (bicyclic) bond motifs is 1. The molecule has 0 unspecified atom stereocenters. The van der Waals surface area contributed by atoms with Gasteiger partial charge in [-0.25, -0.2) is 4.98 Å². The highest BCUT2D eigenvalue weighted by Crippen LogP contribution is 2.22. The number of benzene rings is 1. The van der Waals surface area contributed by atoms with Gasteiger partial charge in [-0.05, 0) is 43.0 Å². The van der Waals surface area contributed by atoms with Crippen LogP contribution >= 0.6 is 0 Å². The molecule has 1 aromatic heterocycles. The molecule has 0 fully saturated rings. The van der Waals surface area contributed by atoms with Crippen molar-refractivity contribution >= 4 is 11.6 Å². The molecule has 2 aromatic rings. The molecule has 0 saturated heterocycles. The molecule has 3 rings (SSSR count). The third-order valence-electron chi connectivity index (χ3n) is 3.89. The Balaban J connectivity index is 1.89. The molecule has 20 heavy (non-hydrogen) atoms. The summed E-state index contributed by atoms with van der Waals surface area (Å²) in [5.74, 6) is 0.905. The smallest absolute Gasteiger partial charge is 0.163 e. The lowest BCUT2D eigenvalue weighted by atomic mass is 10.0. The van der Waals surface area contributed by atoms with Crippen molar-refractivity contribution in [3.8, 4) is 0 Å². The van der Waals surface area contributed by atoms with Crippen LogP contribution in [0.4, 0.5) is 5.82 Å². The van der Waals surface area contributed by atoms with Gasteiger partial charge < -0.3 is 4.90 Å². The maximum atomic E-state index is 11.7. The number of hydrogen-bond acceptors (Lipinski definition) is 3. The van der Waals surface area contributed by atoms with E-state index < -0.39 is 0 Å². The highest BCUT2D eigenvalue weighted by molar-refractivity contribution is 5.98. The molecule has 0 bridgehead atoms. The topological polar surface area (TPSA) is 33.2 Å². The molecule has 0 atom stereocenters. The Hall–Kier alpha value is -2.16. The summed E-state index contributed by atoms with van der Waals surface area (Å²) in [7, 11) is 0. The number of Topliss-reactive ketones (excluding diaryl/α,β-unsaturated/α-hetero) is 1. The van der Waals surface area contributed by atoms with E-state index in [2.05, 4.69) is 34.1 Å². The van der Waals surface area contributed by atoms with Gasteiger partial charge in [-0.15, -0.1) is 0 Å². The molecule has 1 aliphatic rings. The zero-order valence-electron chi connectivity index (χ0n) is 11.7. The summed E-state index contributed by atoms with van der Waals surface area (Å²) in [4.78, 5) is 18.4. The number of rotatable bonds is 2. The maximum absolute atomic E-state index is 11.7. The third kappa shape index (κ3) is 2.44. The second-order valence-electron chi connectivity index (χ2n) is 5.19. The molecular weight excluding hydrogens is 248 g/mol. The van der Waals surface area contributed by atoms with Crippen LogP contribution in [-0.4, -0.2) is 23.9 Å². The van der Waals surface area contributed by atoms with E-state index in [0.717, 1.165) is 37.3 Å². The molecule has 0 aliphatic carbocycles. The van der Waals surface area contributed by atoms with E-state index in [1.165, 1.54) is 11.1 Å². The van der Waals surface area contributed by atoms with E-state index in [-0.39, 0.29) is 5.78 Å². The van der Waals surface area contributed by atoms with E-state index >= 15 is 0 Å².